The number of carbonyl (C=O) groups excluding carboxylic acids is 2. The van der Waals surface area contributed by atoms with Gasteiger partial charge in [-0.1, -0.05) is 60.1 Å². The van der Waals surface area contributed by atoms with Crippen LogP contribution in [0.4, 0.5) is 5.69 Å². The molecule has 44 heavy (non-hydrogen) atoms. The first-order valence-electron chi connectivity index (χ1n) is 14.9. The second kappa shape index (κ2) is 14.2. The number of hydrogen-bond acceptors (Lipinski definition) is 8. The van der Waals surface area contributed by atoms with Gasteiger partial charge in [0.25, 0.3) is 5.91 Å². The van der Waals surface area contributed by atoms with Crippen LogP contribution in [0.25, 0.3) is 0 Å². The van der Waals surface area contributed by atoms with E-state index >= 15 is 0 Å². The fourth-order valence-electron chi connectivity index (χ4n) is 5.78. The predicted molar refractivity (Wildman–Crippen MR) is 166 cm³/mol. The van der Waals surface area contributed by atoms with Crippen molar-refractivity contribution in [2.24, 2.45) is 0 Å². The van der Waals surface area contributed by atoms with E-state index in [2.05, 4.69) is 10.2 Å². The fraction of sp³-hybridized carbons (Fsp3) is 0.412. The summed E-state index contributed by atoms with van der Waals surface area (Å²) in [4.78, 5) is 26.1. The molecule has 1 amide bonds. The molecule has 2 aliphatic heterocycles. The van der Waals surface area contributed by atoms with Crippen molar-refractivity contribution in [1.29, 1.82) is 0 Å². The summed E-state index contributed by atoms with van der Waals surface area (Å²) < 4.78 is 18.0. The quantitative estimate of drug-likeness (QED) is 0.277. The van der Waals surface area contributed by atoms with Gasteiger partial charge in [-0.2, -0.15) is 0 Å². The van der Waals surface area contributed by atoms with E-state index in [0.717, 1.165) is 22.3 Å². The Labute approximate surface area is 262 Å². The summed E-state index contributed by atoms with van der Waals surface area (Å²) in [6, 6.07) is 22.4. The van der Waals surface area contributed by atoms with Gasteiger partial charge >= 0.3 is 5.97 Å². The summed E-state index contributed by atoms with van der Waals surface area (Å²) in [5.74, 6) is -0.968. The van der Waals surface area contributed by atoms with Crippen LogP contribution in [-0.4, -0.2) is 58.8 Å². The van der Waals surface area contributed by atoms with Crippen molar-refractivity contribution in [3.05, 3.63) is 100 Å². The number of likely N-dealkylation sites (tertiary alicyclic amines) is 1. The molecule has 3 aromatic rings. The van der Waals surface area contributed by atoms with E-state index in [1.807, 2.05) is 60.7 Å². The second-order valence-corrected chi connectivity index (χ2v) is 12.0. The lowest BCUT2D eigenvalue weighted by molar-refractivity contribution is -0.253. The Morgan fingerprint density at radius 1 is 1.05 bits per heavy atom. The Kier molecular flexibility index (Phi) is 10.4. The van der Waals surface area contributed by atoms with E-state index in [-0.39, 0.29) is 18.8 Å². The molecular weight excluding hydrogens is 584 g/mol. The molecule has 3 N–H and O–H groups in total. The minimum absolute atomic E-state index is 0.0356. The van der Waals surface area contributed by atoms with Gasteiger partial charge in [0.15, 0.2) is 12.4 Å². The smallest absolute Gasteiger partial charge is 0.303 e. The van der Waals surface area contributed by atoms with Crippen molar-refractivity contribution >= 4 is 29.2 Å². The van der Waals surface area contributed by atoms with Crippen molar-refractivity contribution < 1.29 is 34.0 Å². The first-order valence-corrected chi connectivity index (χ1v) is 15.3. The van der Waals surface area contributed by atoms with Crippen LogP contribution < -0.4 is 5.32 Å². The topological polar surface area (TPSA) is 118 Å². The number of ether oxygens (including phenoxy) is 3. The predicted octanol–water partition coefficient (Wildman–Crippen LogP) is 5.25. The molecule has 9 nitrogen and oxygen atoms in total. The molecule has 2 fully saturated rings. The van der Waals surface area contributed by atoms with E-state index in [9.17, 15) is 19.8 Å². The summed E-state index contributed by atoms with van der Waals surface area (Å²) in [7, 11) is 0. The summed E-state index contributed by atoms with van der Waals surface area (Å²) in [6.07, 6.45) is -0.235. The maximum Gasteiger partial charge on any atom is 0.303 e. The van der Waals surface area contributed by atoms with Crippen LogP contribution >= 0.6 is 11.6 Å². The number of halogens is 1. The molecule has 0 aliphatic carbocycles. The Morgan fingerprint density at radius 2 is 1.75 bits per heavy atom. The largest absolute Gasteiger partial charge is 0.453 e. The number of benzene rings is 3. The van der Waals surface area contributed by atoms with Crippen molar-refractivity contribution in [1.82, 2.24) is 4.90 Å². The third kappa shape index (κ3) is 8.04. The molecule has 0 spiro atoms. The molecule has 3 aromatic carbocycles. The highest BCUT2D eigenvalue weighted by Gasteiger charge is 2.37. The van der Waals surface area contributed by atoms with Crippen LogP contribution in [0, 0.1) is 0 Å². The van der Waals surface area contributed by atoms with Gasteiger partial charge in [-0.15, -0.1) is 0 Å². The number of nitrogens with zero attached hydrogens (tertiary/aromatic N) is 1. The van der Waals surface area contributed by atoms with Crippen LogP contribution in [-0.2, 0) is 36.0 Å². The molecule has 4 atom stereocenters. The fourth-order valence-corrected chi connectivity index (χ4v) is 5.91. The minimum atomic E-state index is -0.934. The van der Waals surface area contributed by atoms with Gasteiger partial charge in [0.2, 0.25) is 0 Å². The average molecular weight is 623 g/mol. The zero-order valence-electron chi connectivity index (χ0n) is 24.9. The van der Waals surface area contributed by atoms with Gasteiger partial charge in [-0.3, -0.25) is 9.59 Å². The highest BCUT2D eigenvalue weighted by atomic mass is 35.5. The summed E-state index contributed by atoms with van der Waals surface area (Å²) in [5, 5.41) is 24.3. The molecular formula is C34H39ClN2O7. The molecule has 5 rings (SSSR count). The number of aliphatic hydroxyl groups excluding tert-OH is 1. The SMILES string of the molecule is CC(=O)OC(C)C(=O)Nc1cccc(C2OC(CN3CCC(O)(c4ccc(Cl)cc4)CC3)CC(c3ccc(CO)cc3)O2)c1. The molecule has 4 unspecified atom stereocenters. The first kappa shape index (κ1) is 32.1. The van der Waals surface area contributed by atoms with Crippen LogP contribution in [0.15, 0.2) is 72.8 Å². The highest BCUT2D eigenvalue weighted by Crippen LogP contribution is 2.40. The Hall–Kier alpha value is -3.31. The van der Waals surface area contributed by atoms with E-state index in [1.165, 1.54) is 13.8 Å². The van der Waals surface area contributed by atoms with Crippen LogP contribution in [0.2, 0.25) is 5.02 Å². The van der Waals surface area contributed by atoms with Crippen molar-refractivity contribution in [2.75, 3.05) is 25.0 Å². The number of carbonyl (C=O) groups is 2. The number of piperidine rings is 1. The minimum Gasteiger partial charge on any atom is -0.453 e. The zero-order valence-corrected chi connectivity index (χ0v) is 25.7. The maximum atomic E-state index is 12.6. The van der Waals surface area contributed by atoms with Crippen molar-refractivity contribution in [2.45, 2.75) is 69.9 Å². The van der Waals surface area contributed by atoms with Gasteiger partial charge < -0.3 is 34.6 Å². The average Bonchev–Trinajstić information content (AvgIpc) is 3.02. The van der Waals surface area contributed by atoms with Crippen LogP contribution in [0.3, 0.4) is 0 Å². The summed E-state index contributed by atoms with van der Waals surface area (Å²) >= 11 is 6.05. The van der Waals surface area contributed by atoms with Gasteiger partial charge in [-0.05, 0) is 60.7 Å². The molecule has 10 heteroatoms. The normalized spacial score (nSPS) is 22.6. The highest BCUT2D eigenvalue weighted by molar-refractivity contribution is 6.30. The molecule has 2 saturated heterocycles. The second-order valence-electron chi connectivity index (χ2n) is 11.6. The number of hydrogen-bond donors (Lipinski definition) is 3. The molecule has 0 radical (unpaired) electrons. The Bertz CT molecular complexity index is 1420. The van der Waals surface area contributed by atoms with E-state index < -0.39 is 29.9 Å². The third-order valence-electron chi connectivity index (χ3n) is 8.28. The zero-order chi connectivity index (χ0) is 31.3. The van der Waals surface area contributed by atoms with E-state index in [1.54, 1.807) is 12.1 Å². The summed E-state index contributed by atoms with van der Waals surface area (Å²) in [5.41, 5.74) is 3.06. The van der Waals surface area contributed by atoms with Crippen LogP contribution in [0.1, 0.15) is 67.8 Å². The lowest BCUT2D eigenvalue weighted by Gasteiger charge is -2.42. The molecule has 2 aliphatic rings. The van der Waals surface area contributed by atoms with Gasteiger partial charge in [0.05, 0.1) is 24.4 Å². The molecule has 0 aromatic heterocycles. The van der Waals surface area contributed by atoms with E-state index in [0.29, 0.717) is 49.6 Å². The van der Waals surface area contributed by atoms with Gasteiger partial charge in [0, 0.05) is 49.3 Å². The molecule has 0 bridgehead atoms. The maximum absolute atomic E-state index is 12.6. The third-order valence-corrected chi connectivity index (χ3v) is 8.53. The molecule has 0 saturated carbocycles. The lowest BCUT2D eigenvalue weighted by atomic mass is 9.84. The number of amides is 1. The molecule has 234 valence electrons. The Morgan fingerprint density at radius 3 is 2.41 bits per heavy atom. The van der Waals surface area contributed by atoms with Crippen molar-refractivity contribution in [3.63, 3.8) is 0 Å². The Balaban J connectivity index is 1.30. The van der Waals surface area contributed by atoms with Gasteiger partial charge in [0.1, 0.15) is 0 Å². The van der Waals surface area contributed by atoms with Crippen LogP contribution in [0.5, 0.6) is 0 Å². The van der Waals surface area contributed by atoms with Crippen molar-refractivity contribution in [3.8, 4) is 0 Å². The number of esters is 1. The van der Waals surface area contributed by atoms with Gasteiger partial charge in [-0.25, -0.2) is 0 Å². The lowest BCUT2D eigenvalue weighted by Crippen LogP contribution is -2.46. The standard InChI is InChI=1S/C34H39ClN2O7/c1-22(42-23(2)39)32(40)36-29-5-3-4-26(18-29)33-43-30(19-31(44-33)25-8-6-24(21-38)7-9-25)20-37-16-14-34(41,15-17-37)27-10-12-28(35)13-11-27/h3-13,18,22,30-31,33,38,41H,14-17,19-21H2,1-2H3,(H,36,40). The number of rotatable bonds is 9. The first-order chi connectivity index (χ1) is 21.1. The number of anilines is 1. The summed E-state index contributed by atoms with van der Waals surface area (Å²) in [6.45, 7) is 4.83. The monoisotopic (exact) mass is 622 g/mol. The molecule has 2 heterocycles. The van der Waals surface area contributed by atoms with E-state index in [4.69, 9.17) is 25.8 Å². The number of aliphatic hydroxyl groups is 2. The number of nitrogens with one attached hydrogen (secondary N) is 1.